The zero-order valence-electron chi connectivity index (χ0n) is 15.5. The van der Waals surface area contributed by atoms with Crippen molar-refractivity contribution in [1.29, 1.82) is 0 Å². The van der Waals surface area contributed by atoms with Crippen LogP contribution in [0.3, 0.4) is 0 Å². The maximum Gasteiger partial charge on any atom is 0.264 e. The van der Waals surface area contributed by atoms with Crippen LogP contribution in [0.4, 0.5) is 5.69 Å². The lowest BCUT2D eigenvalue weighted by atomic mass is 10.0. The summed E-state index contributed by atoms with van der Waals surface area (Å²) in [6.07, 6.45) is 1.74. The molecule has 0 saturated heterocycles. The summed E-state index contributed by atoms with van der Waals surface area (Å²) < 4.78 is 38.6. The Morgan fingerprint density at radius 2 is 1.88 bits per heavy atom. The molecule has 0 unspecified atom stereocenters. The summed E-state index contributed by atoms with van der Waals surface area (Å²) in [6.45, 7) is 5.31. The molecule has 0 aliphatic carbocycles. The molecule has 0 atom stereocenters. The van der Waals surface area contributed by atoms with Crippen LogP contribution < -0.4 is 9.04 Å². The fraction of sp³-hybridized carbons (Fsp3) is 0.400. The van der Waals surface area contributed by atoms with Gasteiger partial charge in [-0.3, -0.25) is 4.31 Å². The average molecular weight is 375 g/mol. The molecule has 0 spiro atoms. The van der Waals surface area contributed by atoms with E-state index in [0.29, 0.717) is 30.4 Å². The molecule has 1 aliphatic heterocycles. The van der Waals surface area contributed by atoms with Crippen LogP contribution in [0.25, 0.3) is 0 Å². The van der Waals surface area contributed by atoms with Crippen molar-refractivity contribution in [3.8, 4) is 5.75 Å². The topological polar surface area (TPSA) is 55.8 Å². The van der Waals surface area contributed by atoms with Crippen LogP contribution in [0.15, 0.2) is 41.3 Å². The molecule has 2 aromatic rings. The summed E-state index contributed by atoms with van der Waals surface area (Å²) >= 11 is 0. The van der Waals surface area contributed by atoms with Crippen molar-refractivity contribution in [2.24, 2.45) is 0 Å². The highest BCUT2D eigenvalue weighted by Crippen LogP contribution is 2.33. The third-order valence-electron chi connectivity index (χ3n) is 4.59. The van der Waals surface area contributed by atoms with E-state index in [1.54, 1.807) is 25.3 Å². The van der Waals surface area contributed by atoms with Crippen LogP contribution in [0, 0.1) is 13.8 Å². The predicted molar refractivity (Wildman–Crippen MR) is 103 cm³/mol. The number of methoxy groups -OCH3 is 1. The normalized spacial score (nSPS) is 14.2. The highest BCUT2D eigenvalue weighted by atomic mass is 32.2. The lowest BCUT2D eigenvalue weighted by Gasteiger charge is -2.31. The molecule has 0 aromatic heterocycles. The van der Waals surface area contributed by atoms with Gasteiger partial charge in [-0.25, -0.2) is 8.42 Å². The summed E-state index contributed by atoms with van der Waals surface area (Å²) in [6, 6.07) is 11.0. The number of hydrogen-bond acceptors (Lipinski definition) is 4. The number of anilines is 1. The van der Waals surface area contributed by atoms with Gasteiger partial charge in [-0.2, -0.15) is 0 Å². The van der Waals surface area contributed by atoms with Gasteiger partial charge in [0.2, 0.25) is 0 Å². The number of aryl methyl sites for hydroxylation is 3. The molecule has 26 heavy (non-hydrogen) atoms. The second kappa shape index (κ2) is 7.68. The van der Waals surface area contributed by atoms with Crippen LogP contribution >= 0.6 is 0 Å². The summed E-state index contributed by atoms with van der Waals surface area (Å²) in [5.74, 6) is 0.677. The van der Waals surface area contributed by atoms with Gasteiger partial charge in [0.15, 0.2) is 0 Å². The zero-order chi connectivity index (χ0) is 18.7. The van der Waals surface area contributed by atoms with Gasteiger partial charge in [-0.15, -0.1) is 0 Å². The van der Waals surface area contributed by atoms with E-state index in [2.05, 4.69) is 6.07 Å². The summed E-state index contributed by atoms with van der Waals surface area (Å²) in [5.41, 5.74) is 3.83. The van der Waals surface area contributed by atoms with Crippen LogP contribution in [-0.2, 0) is 21.2 Å². The molecule has 0 saturated carbocycles. The van der Waals surface area contributed by atoms with Gasteiger partial charge in [0.25, 0.3) is 10.0 Å². The van der Waals surface area contributed by atoms with Crippen molar-refractivity contribution in [3.05, 3.63) is 53.1 Å². The third kappa shape index (κ3) is 3.71. The van der Waals surface area contributed by atoms with Gasteiger partial charge in [-0.05, 0) is 62.1 Å². The minimum Gasteiger partial charge on any atom is -0.491 e. The Labute approximate surface area is 155 Å². The molecule has 140 valence electrons. The maximum absolute atomic E-state index is 13.2. The van der Waals surface area contributed by atoms with E-state index in [4.69, 9.17) is 9.47 Å². The molecule has 6 heteroatoms. The van der Waals surface area contributed by atoms with E-state index in [9.17, 15) is 8.42 Å². The smallest absolute Gasteiger partial charge is 0.264 e. The maximum atomic E-state index is 13.2. The van der Waals surface area contributed by atoms with Gasteiger partial charge in [0.1, 0.15) is 12.4 Å². The molecule has 0 amide bonds. The Morgan fingerprint density at radius 1 is 1.08 bits per heavy atom. The minimum atomic E-state index is -3.60. The molecule has 0 bridgehead atoms. The Balaban J connectivity index is 1.91. The SMILES string of the molecule is COCCOc1ccc(S(=O)(=O)N2CCCc3cc(C)ccc32)cc1C. The lowest BCUT2D eigenvalue weighted by Crippen LogP contribution is -2.35. The van der Waals surface area contributed by atoms with Crippen molar-refractivity contribution in [2.45, 2.75) is 31.6 Å². The second-order valence-electron chi connectivity index (χ2n) is 6.58. The first-order valence-corrected chi connectivity index (χ1v) is 10.2. The van der Waals surface area contributed by atoms with Crippen molar-refractivity contribution >= 4 is 15.7 Å². The van der Waals surface area contributed by atoms with Crippen molar-refractivity contribution in [3.63, 3.8) is 0 Å². The minimum absolute atomic E-state index is 0.294. The number of fused-ring (bicyclic) bond motifs is 1. The number of nitrogens with zero attached hydrogens (tertiary/aromatic N) is 1. The first-order chi connectivity index (χ1) is 12.4. The van der Waals surface area contributed by atoms with Gasteiger partial charge in [-0.1, -0.05) is 17.7 Å². The molecular weight excluding hydrogens is 350 g/mol. The molecule has 1 heterocycles. The Bertz CT molecular complexity index is 893. The number of benzene rings is 2. The molecule has 0 fully saturated rings. The van der Waals surface area contributed by atoms with E-state index in [1.807, 2.05) is 26.0 Å². The Kier molecular flexibility index (Phi) is 5.53. The molecule has 0 radical (unpaired) electrons. The number of rotatable bonds is 6. The largest absolute Gasteiger partial charge is 0.491 e. The predicted octanol–water partition coefficient (Wildman–Crippen LogP) is 3.47. The molecule has 0 N–H and O–H groups in total. The standard InChI is InChI=1S/C20H25NO4S/c1-15-6-8-19-17(13-15)5-4-10-21(19)26(22,23)18-7-9-20(16(2)14-18)25-12-11-24-3/h6-9,13-14H,4-5,10-12H2,1-3H3. The summed E-state index contributed by atoms with van der Waals surface area (Å²) in [5, 5.41) is 0. The monoisotopic (exact) mass is 375 g/mol. The van der Waals surface area contributed by atoms with E-state index < -0.39 is 10.0 Å². The first-order valence-electron chi connectivity index (χ1n) is 8.78. The molecule has 2 aromatic carbocycles. The van der Waals surface area contributed by atoms with Crippen LogP contribution in [-0.4, -0.2) is 35.3 Å². The van der Waals surface area contributed by atoms with Crippen LogP contribution in [0.1, 0.15) is 23.1 Å². The van der Waals surface area contributed by atoms with Crippen LogP contribution in [0.2, 0.25) is 0 Å². The first kappa shape index (κ1) is 18.7. The van der Waals surface area contributed by atoms with Gasteiger partial charge in [0, 0.05) is 13.7 Å². The molecule has 1 aliphatic rings. The van der Waals surface area contributed by atoms with Gasteiger partial charge >= 0.3 is 0 Å². The molecule has 3 rings (SSSR count). The third-order valence-corrected chi connectivity index (χ3v) is 6.40. The lowest BCUT2D eigenvalue weighted by molar-refractivity contribution is 0.146. The number of hydrogen-bond donors (Lipinski definition) is 0. The van der Waals surface area contributed by atoms with Gasteiger partial charge < -0.3 is 9.47 Å². The van der Waals surface area contributed by atoms with E-state index in [-0.39, 0.29) is 0 Å². The number of sulfonamides is 1. The zero-order valence-corrected chi connectivity index (χ0v) is 16.3. The Hall–Kier alpha value is -2.05. The fourth-order valence-corrected chi connectivity index (χ4v) is 4.87. The molecule has 5 nitrogen and oxygen atoms in total. The van der Waals surface area contributed by atoms with E-state index in [1.165, 1.54) is 4.31 Å². The quantitative estimate of drug-likeness (QED) is 0.726. The highest BCUT2D eigenvalue weighted by Gasteiger charge is 2.29. The van der Waals surface area contributed by atoms with Gasteiger partial charge in [0.05, 0.1) is 17.2 Å². The second-order valence-corrected chi connectivity index (χ2v) is 8.44. The molecular formula is C20H25NO4S. The van der Waals surface area contributed by atoms with E-state index in [0.717, 1.165) is 35.2 Å². The van der Waals surface area contributed by atoms with Crippen LogP contribution in [0.5, 0.6) is 5.75 Å². The van der Waals surface area contributed by atoms with E-state index >= 15 is 0 Å². The Morgan fingerprint density at radius 3 is 2.62 bits per heavy atom. The highest BCUT2D eigenvalue weighted by molar-refractivity contribution is 7.92. The summed E-state index contributed by atoms with van der Waals surface area (Å²) in [7, 11) is -1.98. The van der Waals surface area contributed by atoms with Crippen molar-refractivity contribution < 1.29 is 17.9 Å². The number of ether oxygens (including phenoxy) is 2. The fourth-order valence-electron chi connectivity index (χ4n) is 3.25. The average Bonchev–Trinajstić information content (AvgIpc) is 2.62. The van der Waals surface area contributed by atoms with Crippen molar-refractivity contribution in [2.75, 3.05) is 31.2 Å². The van der Waals surface area contributed by atoms with Crippen molar-refractivity contribution in [1.82, 2.24) is 0 Å². The summed E-state index contributed by atoms with van der Waals surface area (Å²) in [4.78, 5) is 0.294.